The number of nitrogens with one attached hydrogen (secondary N) is 1. The number of anilines is 1. The lowest BCUT2D eigenvalue weighted by atomic mass is 10.1. The number of nitrogens with zero attached hydrogens (tertiary/aromatic N) is 3. The minimum atomic E-state index is -0.0781. The van der Waals surface area contributed by atoms with Gasteiger partial charge in [-0.2, -0.15) is 5.10 Å². The lowest BCUT2D eigenvalue weighted by Crippen LogP contribution is -2.31. The van der Waals surface area contributed by atoms with Crippen molar-refractivity contribution in [3.8, 4) is 0 Å². The van der Waals surface area contributed by atoms with Crippen LogP contribution in [0.2, 0.25) is 0 Å². The number of rotatable bonds is 3. The molecule has 6 nitrogen and oxygen atoms in total. The number of benzene rings is 1. The second kappa shape index (κ2) is 6.04. The van der Waals surface area contributed by atoms with Gasteiger partial charge in [0.25, 0.3) is 0 Å². The van der Waals surface area contributed by atoms with Gasteiger partial charge in [-0.05, 0) is 17.5 Å². The van der Waals surface area contributed by atoms with Gasteiger partial charge in [0, 0.05) is 38.2 Å². The molecule has 0 radical (unpaired) electrons. The molecule has 1 atom stereocenters. The number of aromatic nitrogens is 2. The molecule has 0 aliphatic carbocycles. The third-order valence-electron chi connectivity index (χ3n) is 4.53. The van der Waals surface area contributed by atoms with Crippen LogP contribution in [-0.4, -0.2) is 33.9 Å². The quantitative estimate of drug-likeness (QED) is 0.947. The number of ether oxygens (including phenoxy) is 1. The first kappa shape index (κ1) is 14.3. The highest BCUT2D eigenvalue weighted by molar-refractivity contribution is 5.88. The van der Waals surface area contributed by atoms with Gasteiger partial charge in [0.2, 0.25) is 0 Å². The fourth-order valence-corrected chi connectivity index (χ4v) is 3.22. The second-order valence-electron chi connectivity index (χ2n) is 6.18. The maximum atomic E-state index is 12.5. The number of fused-ring (bicyclic) bond motifs is 1. The first-order valence-electron chi connectivity index (χ1n) is 8.02. The SMILES string of the molecule is O=C(Nc1ccnn1C[C@@H]1CCOC1)N1Cc2ccccc2C1. The Morgan fingerprint density at radius 1 is 1.26 bits per heavy atom. The highest BCUT2D eigenvalue weighted by Crippen LogP contribution is 2.23. The van der Waals surface area contributed by atoms with Crippen LogP contribution in [-0.2, 0) is 24.4 Å². The second-order valence-corrected chi connectivity index (χ2v) is 6.18. The fraction of sp³-hybridized carbons (Fsp3) is 0.412. The van der Waals surface area contributed by atoms with Gasteiger partial charge >= 0.3 is 6.03 Å². The van der Waals surface area contributed by atoms with Crippen LogP contribution in [0.4, 0.5) is 10.6 Å². The summed E-state index contributed by atoms with van der Waals surface area (Å²) in [5.41, 5.74) is 2.44. The zero-order valence-corrected chi connectivity index (χ0v) is 12.9. The van der Waals surface area contributed by atoms with Crippen LogP contribution in [0.15, 0.2) is 36.5 Å². The molecule has 23 heavy (non-hydrogen) atoms. The Morgan fingerprint density at radius 3 is 2.74 bits per heavy atom. The first-order chi connectivity index (χ1) is 11.3. The Labute approximate surface area is 135 Å². The molecule has 0 saturated carbocycles. The summed E-state index contributed by atoms with van der Waals surface area (Å²) in [5, 5.41) is 7.31. The summed E-state index contributed by atoms with van der Waals surface area (Å²) < 4.78 is 7.27. The van der Waals surface area contributed by atoms with Gasteiger partial charge in [0.1, 0.15) is 5.82 Å². The Kier molecular flexibility index (Phi) is 3.75. The van der Waals surface area contributed by atoms with Crippen molar-refractivity contribution in [1.82, 2.24) is 14.7 Å². The normalized spacial score (nSPS) is 19.8. The summed E-state index contributed by atoms with van der Waals surface area (Å²) in [5.74, 6) is 1.22. The van der Waals surface area contributed by atoms with Crippen molar-refractivity contribution in [1.29, 1.82) is 0 Å². The molecular formula is C17H20N4O2. The Hall–Kier alpha value is -2.34. The van der Waals surface area contributed by atoms with Crippen LogP contribution < -0.4 is 5.32 Å². The molecule has 2 amide bonds. The molecule has 0 bridgehead atoms. The predicted molar refractivity (Wildman–Crippen MR) is 85.9 cm³/mol. The molecule has 0 unspecified atom stereocenters. The fourth-order valence-electron chi connectivity index (χ4n) is 3.22. The number of hydrogen-bond acceptors (Lipinski definition) is 3. The first-order valence-corrected chi connectivity index (χ1v) is 8.02. The third-order valence-corrected chi connectivity index (χ3v) is 4.53. The lowest BCUT2D eigenvalue weighted by Gasteiger charge is -2.18. The third kappa shape index (κ3) is 2.94. The maximum absolute atomic E-state index is 12.5. The maximum Gasteiger partial charge on any atom is 0.323 e. The average molecular weight is 312 g/mol. The van der Waals surface area contributed by atoms with Gasteiger partial charge in [-0.3, -0.25) is 5.32 Å². The highest BCUT2D eigenvalue weighted by Gasteiger charge is 2.24. The van der Waals surface area contributed by atoms with Crippen LogP contribution in [0.3, 0.4) is 0 Å². The summed E-state index contributed by atoms with van der Waals surface area (Å²) in [6, 6.07) is 9.94. The van der Waals surface area contributed by atoms with E-state index >= 15 is 0 Å². The van der Waals surface area contributed by atoms with E-state index in [0.717, 1.165) is 32.0 Å². The van der Waals surface area contributed by atoms with Crippen molar-refractivity contribution < 1.29 is 9.53 Å². The molecule has 1 saturated heterocycles. The number of amides is 2. The van der Waals surface area contributed by atoms with Crippen molar-refractivity contribution in [3.63, 3.8) is 0 Å². The molecule has 6 heteroatoms. The van der Waals surface area contributed by atoms with E-state index in [4.69, 9.17) is 4.74 Å². The summed E-state index contributed by atoms with van der Waals surface area (Å²) in [7, 11) is 0. The monoisotopic (exact) mass is 312 g/mol. The van der Waals surface area contributed by atoms with E-state index in [1.54, 1.807) is 6.20 Å². The molecule has 1 N–H and O–H groups in total. The highest BCUT2D eigenvalue weighted by atomic mass is 16.5. The van der Waals surface area contributed by atoms with Gasteiger partial charge in [0.15, 0.2) is 0 Å². The van der Waals surface area contributed by atoms with E-state index in [1.807, 2.05) is 27.8 Å². The van der Waals surface area contributed by atoms with E-state index in [9.17, 15) is 4.79 Å². The zero-order valence-electron chi connectivity index (χ0n) is 12.9. The van der Waals surface area contributed by atoms with E-state index in [0.29, 0.717) is 19.0 Å². The molecule has 2 aliphatic heterocycles. The largest absolute Gasteiger partial charge is 0.381 e. The van der Waals surface area contributed by atoms with Crippen molar-refractivity contribution >= 4 is 11.8 Å². The predicted octanol–water partition coefficient (Wildman–Crippen LogP) is 2.47. The molecule has 1 aromatic heterocycles. The lowest BCUT2D eigenvalue weighted by molar-refractivity contribution is 0.181. The van der Waals surface area contributed by atoms with Crippen molar-refractivity contribution in [2.75, 3.05) is 18.5 Å². The van der Waals surface area contributed by atoms with Crippen LogP contribution in [0.25, 0.3) is 0 Å². The Balaban J connectivity index is 1.41. The molecule has 1 aromatic carbocycles. The van der Waals surface area contributed by atoms with Crippen molar-refractivity contribution in [3.05, 3.63) is 47.7 Å². The molecule has 120 valence electrons. The van der Waals surface area contributed by atoms with Crippen LogP contribution in [0.1, 0.15) is 17.5 Å². The summed E-state index contributed by atoms with van der Waals surface area (Å²) in [6.45, 7) is 3.69. The van der Waals surface area contributed by atoms with E-state index < -0.39 is 0 Å². The summed E-state index contributed by atoms with van der Waals surface area (Å²) in [4.78, 5) is 14.3. The van der Waals surface area contributed by atoms with E-state index in [-0.39, 0.29) is 6.03 Å². The van der Waals surface area contributed by atoms with Crippen LogP contribution >= 0.6 is 0 Å². The van der Waals surface area contributed by atoms with Gasteiger partial charge in [-0.15, -0.1) is 0 Å². The molecular weight excluding hydrogens is 292 g/mol. The molecule has 1 fully saturated rings. The standard InChI is InChI=1S/C17H20N4O2/c22-17(20-10-14-3-1-2-4-15(14)11-20)19-16-5-7-18-21(16)9-13-6-8-23-12-13/h1-5,7,13H,6,8-12H2,(H,19,22)/t13-/m0/s1. The number of carbonyl (C=O) groups excluding carboxylic acids is 1. The van der Waals surface area contributed by atoms with E-state index in [2.05, 4.69) is 22.5 Å². The Morgan fingerprint density at radius 2 is 2.04 bits per heavy atom. The molecule has 2 aromatic rings. The van der Waals surface area contributed by atoms with Gasteiger partial charge in [-0.1, -0.05) is 24.3 Å². The minimum absolute atomic E-state index is 0.0781. The number of urea groups is 1. The molecule has 3 heterocycles. The Bertz CT molecular complexity index is 681. The molecule has 2 aliphatic rings. The van der Waals surface area contributed by atoms with Gasteiger partial charge in [0.05, 0.1) is 12.8 Å². The summed E-state index contributed by atoms with van der Waals surface area (Å²) >= 11 is 0. The molecule has 0 spiro atoms. The van der Waals surface area contributed by atoms with Crippen LogP contribution in [0.5, 0.6) is 0 Å². The minimum Gasteiger partial charge on any atom is -0.381 e. The topological polar surface area (TPSA) is 59.4 Å². The van der Waals surface area contributed by atoms with E-state index in [1.165, 1.54) is 11.1 Å². The van der Waals surface area contributed by atoms with Crippen molar-refractivity contribution in [2.45, 2.75) is 26.1 Å². The summed E-state index contributed by atoms with van der Waals surface area (Å²) in [6.07, 6.45) is 2.78. The van der Waals surface area contributed by atoms with Crippen LogP contribution in [0, 0.1) is 5.92 Å². The van der Waals surface area contributed by atoms with Gasteiger partial charge < -0.3 is 9.64 Å². The zero-order chi connectivity index (χ0) is 15.6. The smallest absolute Gasteiger partial charge is 0.323 e. The number of carbonyl (C=O) groups is 1. The van der Waals surface area contributed by atoms with Crippen molar-refractivity contribution in [2.24, 2.45) is 5.92 Å². The average Bonchev–Trinajstić information content (AvgIpc) is 3.28. The molecule has 4 rings (SSSR count). The van der Waals surface area contributed by atoms with Gasteiger partial charge in [-0.25, -0.2) is 9.48 Å². The number of hydrogen-bond donors (Lipinski definition) is 1.